The van der Waals surface area contributed by atoms with Crippen molar-refractivity contribution in [3.8, 4) is 0 Å². The van der Waals surface area contributed by atoms with Crippen LogP contribution >= 0.6 is 0 Å². The Labute approximate surface area is 102 Å². The van der Waals surface area contributed by atoms with Gasteiger partial charge in [0.1, 0.15) is 5.60 Å². The second kappa shape index (κ2) is 4.14. The lowest BCUT2D eigenvalue weighted by Crippen LogP contribution is -2.66. The number of carbonyl (C=O) groups is 1. The summed E-state index contributed by atoms with van der Waals surface area (Å²) in [4.78, 5) is 13.7. The Morgan fingerprint density at radius 1 is 1.41 bits per heavy atom. The number of aliphatic hydroxyl groups is 1. The molecule has 3 N–H and O–H groups in total. The molecule has 0 aromatic carbocycles. The number of carbonyl (C=O) groups excluding carboxylic acids is 1. The van der Waals surface area contributed by atoms with Gasteiger partial charge in [-0.05, 0) is 39.5 Å². The Morgan fingerprint density at radius 3 is 2.59 bits per heavy atom. The lowest BCUT2D eigenvalue weighted by molar-refractivity contribution is -0.0748. The summed E-state index contributed by atoms with van der Waals surface area (Å²) < 4.78 is 5.35. The molecule has 1 saturated carbocycles. The van der Waals surface area contributed by atoms with Crippen LogP contribution in [0.5, 0.6) is 0 Å². The molecule has 3 fully saturated rings. The number of fused-ring (bicyclic) bond motifs is 3. The number of hydrogen-bond acceptors (Lipinski definition) is 4. The molecule has 2 saturated heterocycles. The minimum atomic E-state index is -0.616. The Morgan fingerprint density at radius 2 is 2.06 bits per heavy atom. The summed E-state index contributed by atoms with van der Waals surface area (Å²) in [6.07, 6.45) is 0.856. The van der Waals surface area contributed by atoms with Crippen molar-refractivity contribution in [3.05, 3.63) is 0 Å². The van der Waals surface area contributed by atoms with Crippen LogP contribution in [0.4, 0.5) is 4.79 Å². The molecular formula is C12H22N2O3. The summed E-state index contributed by atoms with van der Waals surface area (Å²) in [5.41, 5.74) is 5.43. The SMILES string of the molecule is CC(C)(C)OC(=O)N1C[C@H]2CC[C@H]1[C@H](O)[C@@H]2N. The van der Waals surface area contributed by atoms with E-state index < -0.39 is 11.7 Å². The minimum absolute atomic E-state index is 0.176. The largest absolute Gasteiger partial charge is 0.444 e. The number of hydrogen-bond donors (Lipinski definition) is 2. The monoisotopic (exact) mass is 242 g/mol. The van der Waals surface area contributed by atoms with E-state index in [9.17, 15) is 9.90 Å². The van der Waals surface area contributed by atoms with Crippen molar-refractivity contribution in [3.63, 3.8) is 0 Å². The lowest BCUT2D eigenvalue weighted by Gasteiger charge is -2.51. The van der Waals surface area contributed by atoms with Crippen LogP contribution in [0.2, 0.25) is 0 Å². The maximum Gasteiger partial charge on any atom is 0.410 e. The van der Waals surface area contributed by atoms with Gasteiger partial charge >= 0.3 is 6.09 Å². The highest BCUT2D eigenvalue weighted by Crippen LogP contribution is 2.35. The van der Waals surface area contributed by atoms with Crippen molar-refractivity contribution in [2.45, 2.75) is 57.4 Å². The van der Waals surface area contributed by atoms with Crippen LogP contribution < -0.4 is 5.73 Å². The van der Waals surface area contributed by atoms with Gasteiger partial charge in [0.2, 0.25) is 0 Å². The molecule has 3 rings (SSSR count). The molecule has 5 heteroatoms. The third-order valence-corrected chi connectivity index (χ3v) is 3.63. The van der Waals surface area contributed by atoms with E-state index >= 15 is 0 Å². The first-order valence-corrected chi connectivity index (χ1v) is 6.23. The third kappa shape index (κ3) is 2.40. The molecular weight excluding hydrogens is 220 g/mol. The molecule has 0 radical (unpaired) electrons. The van der Waals surface area contributed by atoms with Crippen LogP contribution in [-0.4, -0.2) is 46.4 Å². The topological polar surface area (TPSA) is 75.8 Å². The number of aliphatic hydroxyl groups excluding tert-OH is 1. The molecule has 5 nitrogen and oxygen atoms in total. The average molecular weight is 242 g/mol. The third-order valence-electron chi connectivity index (χ3n) is 3.63. The molecule has 17 heavy (non-hydrogen) atoms. The molecule has 3 aliphatic rings. The summed E-state index contributed by atoms with van der Waals surface area (Å²) in [6, 6.07) is -0.378. The zero-order valence-corrected chi connectivity index (χ0v) is 10.7. The van der Waals surface area contributed by atoms with Crippen molar-refractivity contribution in [1.82, 2.24) is 4.90 Å². The van der Waals surface area contributed by atoms with E-state index in [1.807, 2.05) is 20.8 Å². The van der Waals surface area contributed by atoms with Crippen LogP contribution in [0.25, 0.3) is 0 Å². The van der Waals surface area contributed by atoms with Crippen LogP contribution in [0, 0.1) is 5.92 Å². The van der Waals surface area contributed by atoms with Gasteiger partial charge in [0.05, 0.1) is 12.1 Å². The Hall–Kier alpha value is -0.810. The van der Waals surface area contributed by atoms with Crippen LogP contribution in [0.3, 0.4) is 0 Å². The normalized spacial score (nSPS) is 37.1. The predicted molar refractivity (Wildman–Crippen MR) is 63.4 cm³/mol. The summed E-state index contributed by atoms with van der Waals surface area (Å²) in [5, 5.41) is 10.0. The highest BCUT2D eigenvalue weighted by molar-refractivity contribution is 5.69. The average Bonchev–Trinajstić information content (AvgIpc) is 2.22. The fraction of sp³-hybridized carbons (Fsp3) is 0.917. The number of amides is 1. The molecule has 2 heterocycles. The van der Waals surface area contributed by atoms with Gasteiger partial charge in [-0.2, -0.15) is 0 Å². The molecule has 1 amide bonds. The molecule has 4 atom stereocenters. The van der Waals surface area contributed by atoms with Crippen molar-refractivity contribution in [2.24, 2.45) is 11.7 Å². The number of nitrogens with two attached hydrogens (primary N) is 1. The minimum Gasteiger partial charge on any atom is -0.444 e. The van der Waals surface area contributed by atoms with Gasteiger partial charge in [0.25, 0.3) is 0 Å². The molecule has 0 aromatic rings. The first-order valence-electron chi connectivity index (χ1n) is 6.23. The number of ether oxygens (including phenoxy) is 1. The van der Waals surface area contributed by atoms with Crippen molar-refractivity contribution in [1.29, 1.82) is 0 Å². The lowest BCUT2D eigenvalue weighted by atomic mass is 9.75. The second-order valence-corrected chi connectivity index (χ2v) is 6.11. The van der Waals surface area contributed by atoms with Crippen LogP contribution in [-0.2, 0) is 4.74 Å². The van der Waals surface area contributed by atoms with Crippen LogP contribution in [0.15, 0.2) is 0 Å². The van der Waals surface area contributed by atoms with Crippen LogP contribution in [0.1, 0.15) is 33.6 Å². The van der Waals surface area contributed by atoms with E-state index in [2.05, 4.69) is 0 Å². The molecule has 1 aliphatic carbocycles. The maximum absolute atomic E-state index is 12.0. The zero-order valence-electron chi connectivity index (χ0n) is 10.7. The Balaban J connectivity index is 2.06. The smallest absolute Gasteiger partial charge is 0.410 e. The second-order valence-electron chi connectivity index (χ2n) is 6.11. The zero-order chi connectivity index (χ0) is 12.8. The predicted octanol–water partition coefficient (Wildman–Crippen LogP) is 0.704. The first kappa shape index (κ1) is 12.6. The molecule has 0 unspecified atom stereocenters. The summed E-state index contributed by atoms with van der Waals surface area (Å²) in [6.45, 7) is 6.14. The number of piperidine rings is 2. The van der Waals surface area contributed by atoms with E-state index in [-0.39, 0.29) is 24.1 Å². The maximum atomic E-state index is 12.0. The molecule has 98 valence electrons. The van der Waals surface area contributed by atoms with E-state index in [1.54, 1.807) is 4.90 Å². The molecule has 2 aliphatic heterocycles. The van der Waals surface area contributed by atoms with Gasteiger partial charge < -0.3 is 20.5 Å². The quantitative estimate of drug-likeness (QED) is 0.656. The van der Waals surface area contributed by atoms with Gasteiger partial charge in [-0.25, -0.2) is 4.79 Å². The molecule has 2 bridgehead atoms. The van der Waals surface area contributed by atoms with E-state index in [1.165, 1.54) is 0 Å². The van der Waals surface area contributed by atoms with E-state index in [0.717, 1.165) is 12.8 Å². The van der Waals surface area contributed by atoms with Gasteiger partial charge in [-0.15, -0.1) is 0 Å². The van der Waals surface area contributed by atoms with Crippen molar-refractivity contribution >= 4 is 6.09 Å². The standard InChI is InChI=1S/C12H22N2O3/c1-12(2,3)17-11(16)14-6-7-4-5-8(14)10(15)9(7)13/h7-10,15H,4-6,13H2,1-3H3/t7-,8+,9-,10+/m1/s1. The van der Waals surface area contributed by atoms with Crippen molar-refractivity contribution in [2.75, 3.05) is 6.54 Å². The molecule has 0 aromatic heterocycles. The van der Waals surface area contributed by atoms with Gasteiger partial charge in [0.15, 0.2) is 0 Å². The summed E-state index contributed by atoms with van der Waals surface area (Å²) in [5.74, 6) is 0.197. The highest BCUT2D eigenvalue weighted by Gasteiger charge is 2.48. The fourth-order valence-corrected chi connectivity index (χ4v) is 2.76. The number of nitrogens with zero attached hydrogens (tertiary/aromatic N) is 1. The van der Waals surface area contributed by atoms with E-state index in [0.29, 0.717) is 6.54 Å². The number of rotatable bonds is 0. The Kier molecular flexibility index (Phi) is 3.08. The van der Waals surface area contributed by atoms with Gasteiger partial charge in [-0.3, -0.25) is 0 Å². The van der Waals surface area contributed by atoms with Crippen molar-refractivity contribution < 1.29 is 14.6 Å². The van der Waals surface area contributed by atoms with Gasteiger partial charge in [-0.1, -0.05) is 0 Å². The Bertz CT molecular complexity index is 311. The fourth-order valence-electron chi connectivity index (χ4n) is 2.76. The molecule has 0 spiro atoms. The van der Waals surface area contributed by atoms with E-state index in [4.69, 9.17) is 10.5 Å². The first-order chi connectivity index (χ1) is 7.79. The summed E-state index contributed by atoms with van der Waals surface area (Å²) >= 11 is 0. The summed E-state index contributed by atoms with van der Waals surface area (Å²) in [7, 11) is 0. The highest BCUT2D eigenvalue weighted by atomic mass is 16.6. The van der Waals surface area contributed by atoms with Gasteiger partial charge in [0, 0.05) is 12.6 Å².